The number of rotatable bonds is 6. The second-order valence-corrected chi connectivity index (χ2v) is 4.55. The van der Waals surface area contributed by atoms with E-state index in [0.717, 1.165) is 5.33 Å². The Bertz CT molecular complexity index is 186. The van der Waals surface area contributed by atoms with E-state index in [2.05, 4.69) is 20.9 Å². The van der Waals surface area contributed by atoms with Gasteiger partial charge in [0.15, 0.2) is 0 Å². The highest BCUT2D eigenvalue weighted by molar-refractivity contribution is 9.09. The summed E-state index contributed by atoms with van der Waals surface area (Å²) in [4.78, 5) is 4.24. The highest BCUT2D eigenvalue weighted by Gasteiger charge is 1.94. The van der Waals surface area contributed by atoms with Crippen LogP contribution in [0.25, 0.3) is 0 Å². The zero-order valence-electron chi connectivity index (χ0n) is 7.13. The van der Waals surface area contributed by atoms with Crippen molar-refractivity contribution >= 4 is 27.3 Å². The fourth-order valence-electron chi connectivity index (χ4n) is 1.10. The molecule has 0 aliphatic rings. The van der Waals surface area contributed by atoms with Gasteiger partial charge >= 0.3 is 0 Å². The maximum Gasteiger partial charge on any atom is 0.0924 e. The molecule has 0 saturated carbocycles. The Morgan fingerprint density at radius 1 is 1.25 bits per heavy atom. The van der Waals surface area contributed by atoms with Gasteiger partial charge in [-0.05, 0) is 19.3 Å². The molecule has 0 fully saturated rings. The van der Waals surface area contributed by atoms with E-state index < -0.39 is 0 Å². The van der Waals surface area contributed by atoms with Crippen molar-refractivity contribution in [3.05, 3.63) is 16.6 Å². The number of thiazole rings is 1. The lowest BCUT2D eigenvalue weighted by molar-refractivity contribution is 0.670. The van der Waals surface area contributed by atoms with Gasteiger partial charge in [-0.3, -0.25) is 0 Å². The van der Waals surface area contributed by atoms with Crippen LogP contribution in [0.2, 0.25) is 0 Å². The third-order valence-corrected chi connectivity index (χ3v) is 3.16. The maximum atomic E-state index is 4.24. The lowest BCUT2D eigenvalue weighted by atomic mass is 10.2. The maximum absolute atomic E-state index is 4.24. The van der Waals surface area contributed by atoms with Crippen molar-refractivity contribution in [3.8, 4) is 0 Å². The summed E-state index contributed by atoms with van der Waals surface area (Å²) in [5.74, 6) is 0. The fourth-order valence-corrected chi connectivity index (χ4v) is 2.16. The summed E-state index contributed by atoms with van der Waals surface area (Å²) in [5, 5.41) is 4.48. The molecular weight excluding hydrogens is 234 g/mol. The largest absolute Gasteiger partial charge is 0.250 e. The molecule has 1 rings (SSSR count). The van der Waals surface area contributed by atoms with Gasteiger partial charge in [0.2, 0.25) is 0 Å². The van der Waals surface area contributed by atoms with Crippen molar-refractivity contribution < 1.29 is 0 Å². The number of nitrogens with zero attached hydrogens (tertiary/aromatic N) is 1. The van der Waals surface area contributed by atoms with E-state index in [1.165, 1.54) is 37.1 Å². The first-order valence-corrected chi connectivity index (χ1v) is 6.38. The molecule has 0 aliphatic carbocycles. The molecule has 0 aliphatic heterocycles. The first-order chi connectivity index (χ1) is 5.93. The summed E-state index contributed by atoms with van der Waals surface area (Å²) in [5.41, 5.74) is 0. The van der Waals surface area contributed by atoms with Crippen LogP contribution in [-0.2, 0) is 6.42 Å². The minimum absolute atomic E-state index is 1.14. The molecule has 0 saturated heterocycles. The standard InChI is InChI=1S/C9H14BrNS/c10-6-4-2-1-3-5-9-11-7-8-12-9/h7-8H,1-6H2. The van der Waals surface area contributed by atoms with Crippen LogP contribution >= 0.6 is 27.3 Å². The number of alkyl halides is 1. The van der Waals surface area contributed by atoms with E-state index in [-0.39, 0.29) is 0 Å². The van der Waals surface area contributed by atoms with Crippen LogP contribution in [0.5, 0.6) is 0 Å². The second-order valence-electron chi connectivity index (χ2n) is 2.78. The third-order valence-electron chi connectivity index (χ3n) is 1.76. The van der Waals surface area contributed by atoms with Crippen molar-refractivity contribution in [3.63, 3.8) is 0 Å². The molecule has 0 N–H and O–H groups in total. The first kappa shape index (κ1) is 10.2. The number of aryl methyl sites for hydroxylation is 1. The number of unbranched alkanes of at least 4 members (excludes halogenated alkanes) is 3. The van der Waals surface area contributed by atoms with Crippen LogP contribution in [0.15, 0.2) is 11.6 Å². The molecule has 0 spiro atoms. The molecule has 0 bridgehead atoms. The molecule has 0 unspecified atom stereocenters. The van der Waals surface area contributed by atoms with Crippen LogP contribution in [0.3, 0.4) is 0 Å². The van der Waals surface area contributed by atoms with E-state index in [1.54, 1.807) is 11.3 Å². The smallest absolute Gasteiger partial charge is 0.0924 e. The molecule has 1 aromatic heterocycles. The summed E-state index contributed by atoms with van der Waals surface area (Å²) >= 11 is 5.20. The van der Waals surface area contributed by atoms with Crippen LogP contribution in [-0.4, -0.2) is 10.3 Å². The van der Waals surface area contributed by atoms with E-state index in [9.17, 15) is 0 Å². The molecular formula is C9H14BrNS. The summed E-state index contributed by atoms with van der Waals surface area (Å²) < 4.78 is 0. The summed E-state index contributed by atoms with van der Waals surface area (Å²) in [7, 11) is 0. The van der Waals surface area contributed by atoms with Gasteiger partial charge in [-0.15, -0.1) is 11.3 Å². The van der Waals surface area contributed by atoms with Gasteiger partial charge in [0.1, 0.15) is 0 Å². The Morgan fingerprint density at radius 2 is 2.08 bits per heavy atom. The van der Waals surface area contributed by atoms with E-state index >= 15 is 0 Å². The molecule has 1 nitrogen and oxygen atoms in total. The van der Waals surface area contributed by atoms with Crippen molar-refractivity contribution in [1.29, 1.82) is 0 Å². The Kier molecular flexibility index (Phi) is 5.61. The third kappa shape index (κ3) is 4.21. The highest BCUT2D eigenvalue weighted by Crippen LogP contribution is 2.10. The number of halogens is 1. The van der Waals surface area contributed by atoms with E-state index in [1.807, 2.05) is 11.6 Å². The first-order valence-electron chi connectivity index (χ1n) is 4.38. The van der Waals surface area contributed by atoms with Gasteiger partial charge in [0.05, 0.1) is 5.01 Å². The average molecular weight is 248 g/mol. The molecule has 3 heteroatoms. The number of hydrogen-bond acceptors (Lipinski definition) is 2. The van der Waals surface area contributed by atoms with Gasteiger partial charge in [-0.25, -0.2) is 4.98 Å². The summed E-state index contributed by atoms with van der Waals surface area (Å²) in [6, 6.07) is 0. The van der Waals surface area contributed by atoms with Crippen LogP contribution in [0.4, 0.5) is 0 Å². The fraction of sp³-hybridized carbons (Fsp3) is 0.667. The summed E-state index contributed by atoms with van der Waals surface area (Å²) in [6.07, 6.45) is 8.33. The molecule has 0 amide bonds. The minimum atomic E-state index is 1.14. The minimum Gasteiger partial charge on any atom is -0.250 e. The Balaban J connectivity index is 1.96. The highest BCUT2D eigenvalue weighted by atomic mass is 79.9. The monoisotopic (exact) mass is 247 g/mol. The van der Waals surface area contributed by atoms with Crippen molar-refractivity contribution in [2.75, 3.05) is 5.33 Å². The van der Waals surface area contributed by atoms with E-state index in [0.29, 0.717) is 0 Å². The SMILES string of the molecule is BrCCCCCCc1nccs1. The lowest BCUT2D eigenvalue weighted by Crippen LogP contribution is -1.84. The van der Waals surface area contributed by atoms with Crippen LogP contribution in [0, 0.1) is 0 Å². The zero-order chi connectivity index (χ0) is 8.65. The van der Waals surface area contributed by atoms with Crippen molar-refractivity contribution in [2.24, 2.45) is 0 Å². The Hall–Kier alpha value is 0.110. The molecule has 68 valence electrons. The van der Waals surface area contributed by atoms with Crippen molar-refractivity contribution in [1.82, 2.24) is 4.98 Å². The van der Waals surface area contributed by atoms with Gasteiger partial charge in [-0.1, -0.05) is 28.8 Å². The molecule has 1 aromatic rings. The van der Waals surface area contributed by atoms with Crippen molar-refractivity contribution in [2.45, 2.75) is 32.1 Å². The Labute approximate surface area is 86.3 Å². The Morgan fingerprint density at radius 3 is 2.75 bits per heavy atom. The molecule has 0 atom stereocenters. The topological polar surface area (TPSA) is 12.9 Å². The van der Waals surface area contributed by atoms with Gasteiger partial charge < -0.3 is 0 Å². The van der Waals surface area contributed by atoms with Gasteiger partial charge in [0, 0.05) is 16.9 Å². The number of hydrogen-bond donors (Lipinski definition) is 0. The predicted molar refractivity (Wildman–Crippen MR) is 58.1 cm³/mol. The van der Waals surface area contributed by atoms with Gasteiger partial charge in [0.25, 0.3) is 0 Å². The molecule has 12 heavy (non-hydrogen) atoms. The molecule has 1 heterocycles. The lowest BCUT2D eigenvalue weighted by Gasteiger charge is -1.96. The average Bonchev–Trinajstić information content (AvgIpc) is 2.57. The molecule has 0 radical (unpaired) electrons. The van der Waals surface area contributed by atoms with Gasteiger partial charge in [-0.2, -0.15) is 0 Å². The summed E-state index contributed by atoms with van der Waals surface area (Å²) in [6.45, 7) is 0. The molecule has 0 aromatic carbocycles. The quantitative estimate of drug-likeness (QED) is 0.553. The van der Waals surface area contributed by atoms with E-state index in [4.69, 9.17) is 0 Å². The van der Waals surface area contributed by atoms with Crippen LogP contribution in [0.1, 0.15) is 30.7 Å². The zero-order valence-corrected chi connectivity index (χ0v) is 9.53. The normalized spacial score (nSPS) is 10.4. The van der Waals surface area contributed by atoms with Crippen LogP contribution < -0.4 is 0 Å². The number of aromatic nitrogens is 1. The predicted octanol–water partition coefficient (Wildman–Crippen LogP) is 3.64. The second kappa shape index (κ2) is 6.61.